The number of rotatable bonds is 1. The van der Waals surface area contributed by atoms with Gasteiger partial charge >= 0.3 is 11.9 Å². The zero-order valence-electron chi connectivity index (χ0n) is 23.1. The van der Waals surface area contributed by atoms with Crippen LogP contribution in [-0.2, 0) is 38.0 Å². The molecule has 2 bridgehead atoms. The molecule has 4 aliphatic heterocycles. The van der Waals surface area contributed by atoms with Gasteiger partial charge in [-0.15, -0.1) is 0 Å². The maximum Gasteiger partial charge on any atom is 0.338 e. The molecule has 11 nitrogen and oxygen atoms in total. The topological polar surface area (TPSA) is 157 Å². The van der Waals surface area contributed by atoms with Gasteiger partial charge in [0, 0.05) is 17.9 Å². The Morgan fingerprint density at radius 2 is 1.85 bits per heavy atom. The largest absolute Gasteiger partial charge is 0.463 e. The highest BCUT2D eigenvalue weighted by Crippen LogP contribution is 2.72. The third-order valence-corrected chi connectivity index (χ3v) is 10.3. The van der Waals surface area contributed by atoms with E-state index in [0.717, 1.165) is 5.57 Å². The fourth-order valence-electron chi connectivity index (χ4n) is 7.38. The molecule has 0 aromatic rings. The molecular formula is C29H38O11. The van der Waals surface area contributed by atoms with Crippen molar-refractivity contribution >= 4 is 11.9 Å². The fraction of sp³-hybridized carbons (Fsp3) is 0.724. The van der Waals surface area contributed by atoms with Crippen molar-refractivity contribution in [2.45, 2.75) is 101 Å². The van der Waals surface area contributed by atoms with E-state index in [0.29, 0.717) is 13.0 Å². The minimum atomic E-state index is -1.22. The molecule has 0 amide bonds. The van der Waals surface area contributed by atoms with Crippen molar-refractivity contribution in [1.29, 1.82) is 0 Å². The average molecular weight is 563 g/mol. The first-order valence-electron chi connectivity index (χ1n) is 13.9. The highest BCUT2D eigenvalue weighted by atomic mass is 16.7. The number of carbonyl (C=O) groups is 2. The molecule has 40 heavy (non-hydrogen) atoms. The Balaban J connectivity index is 1.38. The van der Waals surface area contributed by atoms with Crippen LogP contribution in [0.1, 0.15) is 40.5 Å². The van der Waals surface area contributed by atoms with Crippen molar-refractivity contribution < 1.29 is 53.3 Å². The summed E-state index contributed by atoms with van der Waals surface area (Å²) < 4.78 is 35.9. The average Bonchev–Trinajstić information content (AvgIpc) is 3.81. The molecule has 6 aliphatic rings. The Labute approximate surface area is 232 Å². The highest BCUT2D eigenvalue weighted by Gasteiger charge is 2.83. The van der Waals surface area contributed by atoms with Gasteiger partial charge in [-0.25, -0.2) is 9.59 Å². The molecule has 1 saturated carbocycles. The Hall–Kier alpha value is -2.12. The lowest BCUT2D eigenvalue weighted by Gasteiger charge is -2.58. The van der Waals surface area contributed by atoms with Crippen LogP contribution in [0.25, 0.3) is 0 Å². The first-order valence-corrected chi connectivity index (χ1v) is 13.9. The zero-order valence-corrected chi connectivity index (χ0v) is 23.1. The van der Waals surface area contributed by atoms with E-state index in [2.05, 4.69) is 0 Å². The van der Waals surface area contributed by atoms with Gasteiger partial charge in [-0.1, -0.05) is 31.2 Å². The van der Waals surface area contributed by atoms with E-state index in [4.69, 9.17) is 28.4 Å². The molecular weight excluding hydrogens is 524 g/mol. The van der Waals surface area contributed by atoms with Crippen molar-refractivity contribution in [3.05, 3.63) is 36.0 Å². The van der Waals surface area contributed by atoms with E-state index in [-0.39, 0.29) is 25.7 Å². The zero-order chi connectivity index (χ0) is 28.7. The van der Waals surface area contributed by atoms with Crippen LogP contribution in [0.4, 0.5) is 0 Å². The molecule has 0 aromatic heterocycles. The van der Waals surface area contributed by atoms with E-state index in [1.54, 1.807) is 26.0 Å². The molecule has 2 aliphatic carbocycles. The van der Waals surface area contributed by atoms with Crippen molar-refractivity contribution in [2.75, 3.05) is 19.8 Å². The SMILES string of the molecule is CC1=CC2OC3CC4OC(=O)/C=C/C=C/C(C(C)O)OCC(O)C5(C)OC5C(=O)OCC2(CC1O)C4(C)C31CO1. The normalized spacial score (nSPS) is 52.6. The van der Waals surface area contributed by atoms with Crippen molar-refractivity contribution in [1.82, 2.24) is 0 Å². The summed E-state index contributed by atoms with van der Waals surface area (Å²) in [5.41, 5.74) is -3.03. The lowest BCUT2D eigenvalue weighted by Crippen LogP contribution is -2.68. The second-order valence-electron chi connectivity index (χ2n) is 12.5. The summed E-state index contributed by atoms with van der Waals surface area (Å²) >= 11 is 0. The van der Waals surface area contributed by atoms with Crippen LogP contribution >= 0.6 is 0 Å². The number of hydrogen-bond donors (Lipinski definition) is 3. The predicted octanol–water partition coefficient (Wildman–Crippen LogP) is 0.496. The number of aliphatic hydroxyl groups is 3. The van der Waals surface area contributed by atoms with Crippen LogP contribution < -0.4 is 0 Å². The molecule has 11 heteroatoms. The van der Waals surface area contributed by atoms with Gasteiger partial charge in [0.05, 0.1) is 43.0 Å². The number of aliphatic hydroxyl groups excluding tert-OH is 3. The minimum absolute atomic E-state index is 0.134. The number of epoxide rings is 2. The van der Waals surface area contributed by atoms with Crippen LogP contribution in [0.5, 0.6) is 0 Å². The van der Waals surface area contributed by atoms with Gasteiger partial charge in [0.25, 0.3) is 0 Å². The van der Waals surface area contributed by atoms with Crippen LogP contribution in [0, 0.1) is 10.8 Å². The summed E-state index contributed by atoms with van der Waals surface area (Å²) in [6, 6.07) is 0. The Morgan fingerprint density at radius 3 is 2.55 bits per heavy atom. The third kappa shape index (κ3) is 3.97. The summed E-state index contributed by atoms with van der Waals surface area (Å²) in [7, 11) is 0. The van der Waals surface area contributed by atoms with E-state index in [1.165, 1.54) is 12.2 Å². The molecule has 2 spiro atoms. The standard InChI is InChI=1S/C29H38O11/c1-15-9-21-28(11-17(15)31)13-36-25(34)24-26(3,40-24)19(32)12-35-18(16(2)30)7-5-6-8-23(33)39-20-10-22(38-21)29(14-37-29)27(20,28)4/h5-9,16-22,24,30-32H,10-14H2,1-4H3/b7-5+,8-6+. The summed E-state index contributed by atoms with van der Waals surface area (Å²) in [6.45, 7) is 7.03. The number of allylic oxidation sites excluding steroid dienone is 2. The van der Waals surface area contributed by atoms with Crippen LogP contribution in [0.15, 0.2) is 36.0 Å². The molecule has 12 unspecified atom stereocenters. The summed E-state index contributed by atoms with van der Waals surface area (Å²) in [6.07, 6.45) is 2.24. The second-order valence-corrected chi connectivity index (χ2v) is 12.5. The predicted molar refractivity (Wildman–Crippen MR) is 137 cm³/mol. The minimum Gasteiger partial charge on any atom is -0.463 e. The summed E-state index contributed by atoms with van der Waals surface area (Å²) in [5.74, 6) is -1.23. The van der Waals surface area contributed by atoms with Gasteiger partial charge in [0.1, 0.15) is 36.1 Å². The maximum absolute atomic E-state index is 13.3. The fourth-order valence-corrected chi connectivity index (χ4v) is 7.38. The molecule has 3 N–H and O–H groups in total. The molecule has 3 saturated heterocycles. The monoisotopic (exact) mass is 562 g/mol. The molecule has 6 rings (SSSR count). The lowest BCUT2D eigenvalue weighted by molar-refractivity contribution is -0.239. The second kappa shape index (κ2) is 9.45. The van der Waals surface area contributed by atoms with Gasteiger partial charge in [0.2, 0.25) is 0 Å². The van der Waals surface area contributed by atoms with Crippen LogP contribution in [0.2, 0.25) is 0 Å². The summed E-state index contributed by atoms with van der Waals surface area (Å²) in [5, 5.41) is 31.9. The number of esters is 2. The first kappa shape index (κ1) is 28.0. The van der Waals surface area contributed by atoms with E-state index in [1.807, 2.05) is 19.9 Å². The number of ether oxygens (including phenoxy) is 6. The third-order valence-electron chi connectivity index (χ3n) is 10.3. The van der Waals surface area contributed by atoms with Gasteiger partial charge in [-0.2, -0.15) is 0 Å². The Kier molecular flexibility index (Phi) is 6.62. The number of fused-ring (bicyclic) bond motifs is 1. The lowest BCUT2D eigenvalue weighted by atomic mass is 9.51. The van der Waals surface area contributed by atoms with Gasteiger partial charge in [-0.3, -0.25) is 0 Å². The number of hydrogen-bond acceptors (Lipinski definition) is 11. The van der Waals surface area contributed by atoms with Crippen molar-refractivity contribution in [3.8, 4) is 0 Å². The molecule has 0 aromatic carbocycles. The van der Waals surface area contributed by atoms with Gasteiger partial charge in [0.15, 0.2) is 6.10 Å². The van der Waals surface area contributed by atoms with Crippen molar-refractivity contribution in [3.63, 3.8) is 0 Å². The van der Waals surface area contributed by atoms with Gasteiger partial charge in [-0.05, 0) is 32.8 Å². The molecule has 4 heterocycles. The molecule has 0 radical (unpaired) electrons. The summed E-state index contributed by atoms with van der Waals surface area (Å²) in [4.78, 5) is 26.3. The van der Waals surface area contributed by atoms with E-state index < -0.39 is 76.7 Å². The molecule has 220 valence electrons. The number of carbonyl (C=O) groups excluding carboxylic acids is 2. The maximum atomic E-state index is 13.3. The molecule has 12 atom stereocenters. The smallest absolute Gasteiger partial charge is 0.338 e. The van der Waals surface area contributed by atoms with Crippen LogP contribution in [0.3, 0.4) is 0 Å². The van der Waals surface area contributed by atoms with E-state index in [9.17, 15) is 24.9 Å². The van der Waals surface area contributed by atoms with Gasteiger partial charge < -0.3 is 43.7 Å². The van der Waals surface area contributed by atoms with E-state index >= 15 is 0 Å². The quantitative estimate of drug-likeness (QED) is 0.232. The van der Waals surface area contributed by atoms with Crippen LogP contribution in [-0.4, -0.2) is 107 Å². The Morgan fingerprint density at radius 1 is 1.10 bits per heavy atom. The highest BCUT2D eigenvalue weighted by molar-refractivity contribution is 5.82. The molecule has 4 fully saturated rings. The number of cyclic esters (lactones) is 1. The Bertz CT molecular complexity index is 1160. The first-order chi connectivity index (χ1) is 18.9. The van der Waals surface area contributed by atoms with Crippen molar-refractivity contribution in [2.24, 2.45) is 10.8 Å².